The van der Waals surface area contributed by atoms with Crippen LogP contribution in [0.2, 0.25) is 0 Å². The molecule has 0 saturated heterocycles. The van der Waals surface area contributed by atoms with Gasteiger partial charge in [-0.15, -0.1) is 0 Å². The van der Waals surface area contributed by atoms with Crippen molar-refractivity contribution in [3.05, 3.63) is 18.5 Å². The number of aromatic nitrogens is 1. The molecule has 1 heterocycles. The Bertz CT molecular complexity index is 245. The summed E-state index contributed by atoms with van der Waals surface area (Å²) in [6.45, 7) is 1.87. The molecule has 0 aromatic carbocycles. The molecule has 58 valence electrons. The topological polar surface area (TPSA) is 42.8 Å². The van der Waals surface area contributed by atoms with Crippen LogP contribution in [0.3, 0.4) is 0 Å². The van der Waals surface area contributed by atoms with Crippen molar-refractivity contribution in [1.29, 1.82) is 5.26 Å². The fraction of sp³-hybridized carbons (Fsp3) is 0.375. The van der Waals surface area contributed by atoms with E-state index in [0.717, 1.165) is 5.69 Å². The highest BCUT2D eigenvalue weighted by Crippen LogP contribution is 2.12. The molecule has 0 spiro atoms. The zero-order chi connectivity index (χ0) is 8.27. The lowest BCUT2D eigenvalue weighted by Crippen LogP contribution is -2.26. The van der Waals surface area contributed by atoms with Crippen LogP contribution >= 0.6 is 0 Å². The Morgan fingerprint density at radius 1 is 1.73 bits per heavy atom. The van der Waals surface area contributed by atoms with E-state index in [2.05, 4.69) is 11.1 Å². The molecule has 0 bridgehead atoms. The minimum Gasteiger partial charge on any atom is -0.366 e. The van der Waals surface area contributed by atoms with Gasteiger partial charge in [0.25, 0.3) is 0 Å². The highest BCUT2D eigenvalue weighted by atomic mass is 15.1. The van der Waals surface area contributed by atoms with Crippen molar-refractivity contribution >= 4 is 5.69 Å². The first-order valence-electron chi connectivity index (χ1n) is 3.51. The van der Waals surface area contributed by atoms with Crippen molar-refractivity contribution in [3.63, 3.8) is 0 Å². The zero-order valence-electron chi connectivity index (χ0n) is 6.70. The summed E-state index contributed by atoms with van der Waals surface area (Å²) in [5, 5.41) is 8.60. The standard InChI is InChI=1S/C8H11N3/c1-7(5-9)11(2)8-3-4-10-6-8/h3-4,6-7,10H,1-2H3. The summed E-state index contributed by atoms with van der Waals surface area (Å²) in [6, 6.07) is 4.03. The van der Waals surface area contributed by atoms with Crippen LogP contribution in [-0.2, 0) is 0 Å². The number of nitriles is 1. The number of rotatable bonds is 2. The van der Waals surface area contributed by atoms with Gasteiger partial charge >= 0.3 is 0 Å². The van der Waals surface area contributed by atoms with E-state index in [9.17, 15) is 0 Å². The summed E-state index contributed by atoms with van der Waals surface area (Å²) in [5.41, 5.74) is 1.04. The molecule has 1 unspecified atom stereocenters. The number of H-pyrrole nitrogens is 1. The maximum atomic E-state index is 8.60. The lowest BCUT2D eigenvalue weighted by atomic mass is 10.3. The molecule has 1 aromatic rings. The second-order valence-electron chi connectivity index (χ2n) is 2.49. The number of nitrogens with one attached hydrogen (secondary N) is 1. The molecule has 0 aliphatic rings. The second-order valence-corrected chi connectivity index (χ2v) is 2.49. The molecule has 1 rings (SSSR count). The van der Waals surface area contributed by atoms with Crippen LogP contribution in [0.15, 0.2) is 18.5 Å². The van der Waals surface area contributed by atoms with Gasteiger partial charge in [-0.1, -0.05) is 0 Å². The predicted molar refractivity (Wildman–Crippen MR) is 44.3 cm³/mol. The van der Waals surface area contributed by atoms with E-state index in [0.29, 0.717) is 0 Å². The molecule has 0 fully saturated rings. The Balaban J connectivity index is 2.71. The number of hydrogen-bond donors (Lipinski definition) is 1. The van der Waals surface area contributed by atoms with Crippen LogP contribution in [0.4, 0.5) is 5.69 Å². The van der Waals surface area contributed by atoms with Gasteiger partial charge in [0.15, 0.2) is 0 Å². The van der Waals surface area contributed by atoms with Gasteiger partial charge in [0, 0.05) is 19.4 Å². The maximum Gasteiger partial charge on any atom is 0.113 e. The average Bonchev–Trinajstić information content (AvgIpc) is 2.53. The summed E-state index contributed by atoms with van der Waals surface area (Å²) in [6.07, 6.45) is 3.71. The first-order chi connectivity index (χ1) is 5.25. The molecule has 3 heteroatoms. The van der Waals surface area contributed by atoms with Crippen LogP contribution in [0.25, 0.3) is 0 Å². The van der Waals surface area contributed by atoms with Gasteiger partial charge in [-0.05, 0) is 13.0 Å². The summed E-state index contributed by atoms with van der Waals surface area (Å²) in [5.74, 6) is 0. The Hall–Kier alpha value is -1.43. The molecular formula is C8H11N3. The number of nitrogens with zero attached hydrogens (tertiary/aromatic N) is 2. The van der Waals surface area contributed by atoms with Gasteiger partial charge < -0.3 is 9.88 Å². The van der Waals surface area contributed by atoms with Gasteiger partial charge in [0.1, 0.15) is 6.04 Å². The largest absolute Gasteiger partial charge is 0.366 e. The van der Waals surface area contributed by atoms with E-state index in [1.54, 1.807) is 0 Å². The van der Waals surface area contributed by atoms with Crippen molar-refractivity contribution in [3.8, 4) is 6.07 Å². The number of anilines is 1. The van der Waals surface area contributed by atoms with Crippen LogP contribution < -0.4 is 4.90 Å². The summed E-state index contributed by atoms with van der Waals surface area (Å²) in [4.78, 5) is 4.85. The number of hydrogen-bond acceptors (Lipinski definition) is 2. The van der Waals surface area contributed by atoms with E-state index < -0.39 is 0 Å². The molecule has 0 aliphatic carbocycles. The van der Waals surface area contributed by atoms with Crippen molar-refractivity contribution in [2.45, 2.75) is 13.0 Å². The van der Waals surface area contributed by atoms with Crippen molar-refractivity contribution < 1.29 is 0 Å². The first-order valence-corrected chi connectivity index (χ1v) is 3.51. The summed E-state index contributed by atoms with van der Waals surface area (Å²) >= 11 is 0. The maximum absolute atomic E-state index is 8.60. The fourth-order valence-corrected chi connectivity index (χ4v) is 0.845. The smallest absolute Gasteiger partial charge is 0.113 e. The predicted octanol–water partition coefficient (Wildman–Crippen LogP) is 1.36. The molecule has 0 radical (unpaired) electrons. The molecule has 1 N–H and O–H groups in total. The molecular weight excluding hydrogens is 138 g/mol. The molecule has 1 aromatic heterocycles. The lowest BCUT2D eigenvalue weighted by Gasteiger charge is -2.19. The Kier molecular flexibility index (Phi) is 2.17. The van der Waals surface area contributed by atoms with Crippen molar-refractivity contribution in [1.82, 2.24) is 4.98 Å². The monoisotopic (exact) mass is 149 g/mol. The van der Waals surface area contributed by atoms with Crippen LogP contribution in [0, 0.1) is 11.3 Å². The SMILES string of the molecule is CC(C#N)N(C)c1cc[nH]c1. The van der Waals surface area contributed by atoms with E-state index in [1.165, 1.54) is 0 Å². The molecule has 3 nitrogen and oxygen atoms in total. The Morgan fingerprint density at radius 3 is 2.91 bits per heavy atom. The molecule has 1 atom stereocenters. The Morgan fingerprint density at radius 2 is 2.45 bits per heavy atom. The molecule has 0 aliphatic heterocycles. The van der Waals surface area contributed by atoms with Gasteiger partial charge in [-0.25, -0.2) is 0 Å². The van der Waals surface area contributed by atoms with Crippen molar-refractivity contribution in [2.75, 3.05) is 11.9 Å². The average molecular weight is 149 g/mol. The zero-order valence-corrected chi connectivity index (χ0v) is 6.70. The minimum absolute atomic E-state index is 0.0780. The highest BCUT2D eigenvalue weighted by molar-refractivity contribution is 5.45. The van der Waals surface area contributed by atoms with Crippen LogP contribution in [-0.4, -0.2) is 18.1 Å². The molecule has 0 saturated carbocycles. The fourth-order valence-electron chi connectivity index (χ4n) is 0.845. The van der Waals surface area contributed by atoms with Crippen LogP contribution in [0.1, 0.15) is 6.92 Å². The van der Waals surface area contributed by atoms with Crippen molar-refractivity contribution in [2.24, 2.45) is 0 Å². The highest BCUT2D eigenvalue weighted by Gasteiger charge is 2.07. The quantitative estimate of drug-likeness (QED) is 0.690. The van der Waals surface area contributed by atoms with Crippen LogP contribution in [0.5, 0.6) is 0 Å². The number of aromatic amines is 1. The third-order valence-electron chi connectivity index (χ3n) is 1.76. The normalized spacial score (nSPS) is 12.1. The van der Waals surface area contributed by atoms with E-state index in [1.807, 2.05) is 37.3 Å². The second kappa shape index (κ2) is 3.11. The third kappa shape index (κ3) is 1.53. The van der Waals surface area contributed by atoms with Gasteiger partial charge in [-0.2, -0.15) is 5.26 Å². The van der Waals surface area contributed by atoms with Gasteiger partial charge in [-0.3, -0.25) is 0 Å². The molecule has 0 amide bonds. The summed E-state index contributed by atoms with van der Waals surface area (Å²) < 4.78 is 0. The van der Waals surface area contributed by atoms with Gasteiger partial charge in [0.05, 0.1) is 11.8 Å². The molecule has 11 heavy (non-hydrogen) atoms. The Labute approximate surface area is 66.3 Å². The third-order valence-corrected chi connectivity index (χ3v) is 1.76. The van der Waals surface area contributed by atoms with E-state index >= 15 is 0 Å². The van der Waals surface area contributed by atoms with E-state index in [4.69, 9.17) is 5.26 Å². The van der Waals surface area contributed by atoms with Gasteiger partial charge in [0.2, 0.25) is 0 Å². The van der Waals surface area contributed by atoms with E-state index in [-0.39, 0.29) is 6.04 Å². The lowest BCUT2D eigenvalue weighted by molar-refractivity contribution is 0.836. The summed E-state index contributed by atoms with van der Waals surface area (Å²) in [7, 11) is 1.90. The first kappa shape index (κ1) is 7.67. The minimum atomic E-state index is -0.0780.